The van der Waals surface area contributed by atoms with Gasteiger partial charge >= 0.3 is 5.97 Å². The van der Waals surface area contributed by atoms with Crippen LogP contribution in [0, 0.1) is 5.82 Å². The van der Waals surface area contributed by atoms with Crippen molar-refractivity contribution in [2.75, 3.05) is 18.2 Å². The first-order valence-electron chi connectivity index (χ1n) is 7.02. The first-order valence-corrected chi connectivity index (χ1v) is 9.06. The van der Waals surface area contributed by atoms with Crippen molar-refractivity contribution in [3.63, 3.8) is 0 Å². The van der Waals surface area contributed by atoms with E-state index in [1.54, 1.807) is 13.0 Å². The number of thioether (sulfide) groups is 1. The van der Waals surface area contributed by atoms with Crippen molar-refractivity contribution in [1.29, 1.82) is 0 Å². The van der Waals surface area contributed by atoms with Crippen LogP contribution in [0.1, 0.15) is 17.3 Å². The van der Waals surface area contributed by atoms with Crippen molar-refractivity contribution in [2.45, 2.75) is 12.1 Å². The molecule has 0 aliphatic rings. The molecule has 0 saturated heterocycles. The van der Waals surface area contributed by atoms with E-state index in [4.69, 9.17) is 4.74 Å². The summed E-state index contributed by atoms with van der Waals surface area (Å²) in [5.74, 6) is -0.524. The van der Waals surface area contributed by atoms with Crippen LogP contribution in [0.15, 0.2) is 29.6 Å². The summed E-state index contributed by atoms with van der Waals surface area (Å²) in [4.78, 5) is 24.8. The summed E-state index contributed by atoms with van der Waals surface area (Å²) in [5, 5.41) is 4.03. The molecule has 0 atom stereocenters. The maximum absolute atomic E-state index is 13.3. The summed E-state index contributed by atoms with van der Waals surface area (Å²) in [5.41, 5.74) is 0.890. The predicted molar refractivity (Wildman–Crippen MR) is 92.6 cm³/mol. The molecule has 1 N–H and O–H groups in total. The van der Waals surface area contributed by atoms with Gasteiger partial charge in [0.1, 0.15) is 11.4 Å². The third-order valence-corrected chi connectivity index (χ3v) is 4.52. The quantitative estimate of drug-likeness (QED) is 0.418. The van der Waals surface area contributed by atoms with Crippen molar-refractivity contribution in [1.82, 2.24) is 15.0 Å². The summed E-state index contributed by atoms with van der Waals surface area (Å²) in [6.45, 7) is 1.98. The molecule has 0 fully saturated rings. The highest BCUT2D eigenvalue weighted by Crippen LogP contribution is 2.30. The smallest absolute Gasteiger partial charge is 0.343 e. The molecule has 0 spiro atoms. The molecule has 0 amide bonds. The van der Waals surface area contributed by atoms with Crippen LogP contribution in [0.25, 0.3) is 10.2 Å². The Balaban J connectivity index is 1.98. The highest BCUT2D eigenvalue weighted by atomic mass is 32.2. The van der Waals surface area contributed by atoms with Crippen LogP contribution in [-0.2, 0) is 4.74 Å². The Morgan fingerprint density at radius 1 is 1.42 bits per heavy atom. The average Bonchev–Trinajstić information content (AvgIpc) is 2.96. The number of carbonyl (C=O) groups is 1. The molecule has 3 aromatic rings. The van der Waals surface area contributed by atoms with Gasteiger partial charge in [-0.1, -0.05) is 23.1 Å². The minimum Gasteiger partial charge on any atom is -0.462 e. The third kappa shape index (κ3) is 3.46. The fourth-order valence-corrected chi connectivity index (χ4v) is 3.20. The second-order valence-corrected chi connectivity index (χ2v) is 6.40. The van der Waals surface area contributed by atoms with Crippen molar-refractivity contribution in [3.8, 4) is 0 Å². The third-order valence-electron chi connectivity index (χ3n) is 3.02. The van der Waals surface area contributed by atoms with E-state index in [1.807, 2.05) is 6.26 Å². The summed E-state index contributed by atoms with van der Waals surface area (Å²) < 4.78 is 19.0. The Hall–Kier alpha value is -2.26. The predicted octanol–water partition coefficient (Wildman–Crippen LogP) is 3.87. The van der Waals surface area contributed by atoms with E-state index in [-0.39, 0.29) is 18.0 Å². The molecule has 0 unspecified atom stereocenters. The van der Waals surface area contributed by atoms with Gasteiger partial charge in [0.05, 0.1) is 16.8 Å². The summed E-state index contributed by atoms with van der Waals surface area (Å²) in [6, 6.07) is 4.37. The fourth-order valence-electron chi connectivity index (χ4n) is 1.97. The van der Waals surface area contributed by atoms with E-state index in [2.05, 4.69) is 20.3 Å². The number of anilines is 2. The second-order valence-electron chi connectivity index (χ2n) is 4.60. The van der Waals surface area contributed by atoms with E-state index in [0.717, 1.165) is 0 Å². The summed E-state index contributed by atoms with van der Waals surface area (Å²) in [6.07, 6.45) is 3.26. The standard InChI is InChI=1S/C15H13FN4O2S2/c1-3-22-13(21)9-7-17-14(23-2)19-12(9)20-15-18-10-5-4-8(16)6-11(10)24-15/h4-7H,3H2,1-2H3,(H,17,18,19,20). The minimum absolute atomic E-state index is 0.222. The van der Waals surface area contributed by atoms with Crippen LogP contribution in [-0.4, -0.2) is 33.8 Å². The Morgan fingerprint density at radius 3 is 3.00 bits per heavy atom. The molecule has 0 saturated carbocycles. The molecule has 3 rings (SSSR count). The van der Waals surface area contributed by atoms with Gasteiger partial charge in [-0.3, -0.25) is 0 Å². The number of nitrogens with one attached hydrogen (secondary N) is 1. The number of thiazole rings is 1. The number of carbonyl (C=O) groups excluding carboxylic acids is 1. The normalized spacial score (nSPS) is 10.8. The number of nitrogens with zero attached hydrogens (tertiary/aromatic N) is 3. The van der Waals surface area contributed by atoms with Crippen LogP contribution in [0.4, 0.5) is 15.3 Å². The van der Waals surface area contributed by atoms with Gasteiger partial charge < -0.3 is 10.1 Å². The first-order chi connectivity index (χ1) is 11.6. The SMILES string of the molecule is CCOC(=O)c1cnc(SC)nc1Nc1nc2ccc(F)cc2s1. The number of halogens is 1. The van der Waals surface area contributed by atoms with Gasteiger partial charge in [0, 0.05) is 6.20 Å². The Labute approximate surface area is 145 Å². The number of esters is 1. The molecule has 2 aromatic heterocycles. The van der Waals surface area contributed by atoms with E-state index in [1.165, 1.54) is 41.4 Å². The van der Waals surface area contributed by atoms with Crippen LogP contribution in [0.3, 0.4) is 0 Å². The molecule has 0 aliphatic heterocycles. The molecule has 0 aliphatic carbocycles. The maximum atomic E-state index is 13.3. The second kappa shape index (κ2) is 7.10. The lowest BCUT2D eigenvalue weighted by molar-refractivity contribution is 0.0526. The Bertz CT molecular complexity index is 900. The Kier molecular flexibility index (Phi) is 4.91. The number of rotatable bonds is 5. The number of hydrogen-bond donors (Lipinski definition) is 1. The zero-order valence-corrected chi connectivity index (χ0v) is 14.5. The van der Waals surface area contributed by atoms with Gasteiger partial charge in [-0.25, -0.2) is 24.1 Å². The average molecular weight is 364 g/mol. The van der Waals surface area contributed by atoms with E-state index < -0.39 is 5.97 Å². The van der Waals surface area contributed by atoms with Crippen LogP contribution >= 0.6 is 23.1 Å². The molecule has 0 radical (unpaired) electrons. The van der Waals surface area contributed by atoms with Crippen molar-refractivity contribution in [3.05, 3.63) is 35.8 Å². The molecule has 0 bridgehead atoms. The lowest BCUT2D eigenvalue weighted by Gasteiger charge is -2.09. The van der Waals surface area contributed by atoms with Gasteiger partial charge in [-0.15, -0.1) is 0 Å². The molecule has 6 nitrogen and oxygen atoms in total. The van der Waals surface area contributed by atoms with Crippen molar-refractivity contribution in [2.24, 2.45) is 0 Å². The minimum atomic E-state index is -0.514. The van der Waals surface area contributed by atoms with Crippen LogP contribution < -0.4 is 5.32 Å². The van der Waals surface area contributed by atoms with Crippen molar-refractivity contribution < 1.29 is 13.9 Å². The monoisotopic (exact) mass is 364 g/mol. The number of hydrogen-bond acceptors (Lipinski definition) is 8. The lowest BCUT2D eigenvalue weighted by Crippen LogP contribution is -2.10. The van der Waals surface area contributed by atoms with Crippen LogP contribution in [0.5, 0.6) is 0 Å². The number of ether oxygens (including phenoxy) is 1. The number of aromatic nitrogens is 3. The van der Waals surface area contributed by atoms with Gasteiger partial charge in [0.25, 0.3) is 0 Å². The topological polar surface area (TPSA) is 77.0 Å². The van der Waals surface area contributed by atoms with Gasteiger partial charge in [-0.2, -0.15) is 0 Å². The maximum Gasteiger partial charge on any atom is 0.343 e. The fraction of sp³-hybridized carbons (Fsp3) is 0.200. The van der Waals surface area contributed by atoms with Gasteiger partial charge in [0.2, 0.25) is 0 Å². The summed E-state index contributed by atoms with van der Waals surface area (Å²) in [7, 11) is 0. The van der Waals surface area contributed by atoms with E-state index >= 15 is 0 Å². The zero-order valence-electron chi connectivity index (χ0n) is 12.9. The van der Waals surface area contributed by atoms with Crippen molar-refractivity contribution >= 4 is 50.2 Å². The number of benzene rings is 1. The largest absolute Gasteiger partial charge is 0.462 e. The highest BCUT2D eigenvalue weighted by molar-refractivity contribution is 7.98. The van der Waals surface area contributed by atoms with E-state index in [9.17, 15) is 9.18 Å². The molecular formula is C15H13FN4O2S2. The highest BCUT2D eigenvalue weighted by Gasteiger charge is 2.17. The molecule has 124 valence electrons. The summed E-state index contributed by atoms with van der Waals surface area (Å²) >= 11 is 2.63. The molecule has 1 aromatic carbocycles. The van der Waals surface area contributed by atoms with Crippen LogP contribution in [0.2, 0.25) is 0 Å². The molecule has 9 heteroatoms. The molecule has 24 heavy (non-hydrogen) atoms. The zero-order chi connectivity index (χ0) is 17.1. The molecular weight excluding hydrogens is 351 g/mol. The van der Waals surface area contributed by atoms with E-state index in [0.29, 0.717) is 26.3 Å². The van der Waals surface area contributed by atoms with Gasteiger partial charge in [0.15, 0.2) is 16.1 Å². The molecule has 2 heterocycles. The Morgan fingerprint density at radius 2 is 2.25 bits per heavy atom. The number of fused-ring (bicyclic) bond motifs is 1. The first kappa shape index (κ1) is 16.6. The van der Waals surface area contributed by atoms with Gasteiger partial charge in [-0.05, 0) is 31.4 Å². The lowest BCUT2D eigenvalue weighted by atomic mass is 10.3.